The van der Waals surface area contributed by atoms with Crippen LogP contribution in [0.25, 0.3) is 0 Å². The van der Waals surface area contributed by atoms with Crippen molar-refractivity contribution in [3.8, 4) is 0 Å². The smallest absolute Gasteiger partial charge is 0.150 e. The summed E-state index contributed by atoms with van der Waals surface area (Å²) in [5.74, 6) is 2.07. The Morgan fingerprint density at radius 3 is 2.84 bits per heavy atom. The molecule has 0 radical (unpaired) electrons. The molecule has 1 unspecified atom stereocenters. The second-order valence-electron chi connectivity index (χ2n) is 5.20. The molecule has 0 fully saturated rings. The van der Waals surface area contributed by atoms with E-state index < -0.39 is 0 Å². The van der Waals surface area contributed by atoms with Crippen molar-refractivity contribution in [2.45, 2.75) is 52.6 Å². The van der Waals surface area contributed by atoms with Gasteiger partial charge in [0, 0.05) is 18.2 Å². The topological polar surface area (TPSA) is 59.4 Å². The van der Waals surface area contributed by atoms with Gasteiger partial charge >= 0.3 is 0 Å². The first-order valence-electron chi connectivity index (χ1n) is 6.89. The lowest BCUT2D eigenvalue weighted by atomic mass is 10.1. The van der Waals surface area contributed by atoms with E-state index in [0.29, 0.717) is 5.92 Å². The van der Waals surface area contributed by atoms with E-state index in [4.69, 9.17) is 4.84 Å². The second kappa shape index (κ2) is 5.99. The number of hydrogen-bond donors (Lipinski definition) is 1. The summed E-state index contributed by atoms with van der Waals surface area (Å²) in [5.41, 5.74) is 2.20. The van der Waals surface area contributed by atoms with E-state index in [1.807, 2.05) is 13.0 Å². The number of oxime groups is 1. The van der Waals surface area contributed by atoms with Gasteiger partial charge in [-0.1, -0.05) is 25.9 Å². The number of nitrogens with one attached hydrogen (secondary N) is 1. The molecule has 0 spiro atoms. The summed E-state index contributed by atoms with van der Waals surface area (Å²) in [7, 11) is 0. The van der Waals surface area contributed by atoms with Gasteiger partial charge in [0.05, 0.1) is 12.3 Å². The van der Waals surface area contributed by atoms with Crippen molar-refractivity contribution >= 4 is 11.5 Å². The number of aryl methyl sites for hydroxylation is 1. The lowest BCUT2D eigenvalue weighted by Gasteiger charge is -2.12. The van der Waals surface area contributed by atoms with Crippen LogP contribution in [0, 0.1) is 6.92 Å². The molecule has 1 aliphatic rings. The zero-order valence-corrected chi connectivity index (χ0v) is 12.1. The Hall–Kier alpha value is -1.65. The molecular formula is C14H22N4O. The largest absolute Gasteiger partial charge is 0.390 e. The van der Waals surface area contributed by atoms with Gasteiger partial charge in [-0.05, 0) is 19.3 Å². The fraction of sp³-hybridized carbons (Fsp3) is 0.643. The average Bonchev–Trinajstić information content (AvgIpc) is 2.83. The first-order valence-corrected chi connectivity index (χ1v) is 6.89. The van der Waals surface area contributed by atoms with Crippen molar-refractivity contribution < 1.29 is 4.84 Å². The molecule has 0 amide bonds. The van der Waals surface area contributed by atoms with Crippen molar-refractivity contribution in [2.75, 3.05) is 11.9 Å². The first kappa shape index (κ1) is 13.8. The zero-order chi connectivity index (χ0) is 13.8. The van der Waals surface area contributed by atoms with Crippen molar-refractivity contribution in [3.05, 3.63) is 17.6 Å². The van der Waals surface area contributed by atoms with Gasteiger partial charge in [-0.15, -0.1) is 0 Å². The standard InChI is InChI=1S/C14H22N4O/c1-5-11-6-12(19-18-11)8-15-14-7-13(9(2)3)16-10(4)17-14/h7,9,12H,5-6,8H2,1-4H3,(H,15,16,17). The molecule has 5 nitrogen and oxygen atoms in total. The third-order valence-corrected chi connectivity index (χ3v) is 3.16. The van der Waals surface area contributed by atoms with Crippen molar-refractivity contribution in [2.24, 2.45) is 5.16 Å². The Morgan fingerprint density at radius 2 is 2.21 bits per heavy atom. The number of nitrogens with zero attached hydrogens (tertiary/aromatic N) is 3. The van der Waals surface area contributed by atoms with E-state index in [2.05, 4.69) is 41.2 Å². The molecule has 5 heteroatoms. The van der Waals surface area contributed by atoms with Gasteiger partial charge in [0.1, 0.15) is 17.7 Å². The predicted molar refractivity (Wildman–Crippen MR) is 76.6 cm³/mol. The highest BCUT2D eigenvalue weighted by molar-refractivity contribution is 5.85. The van der Waals surface area contributed by atoms with E-state index >= 15 is 0 Å². The summed E-state index contributed by atoms with van der Waals surface area (Å²) in [6.07, 6.45) is 1.98. The van der Waals surface area contributed by atoms with Crippen molar-refractivity contribution in [1.82, 2.24) is 9.97 Å². The van der Waals surface area contributed by atoms with Crippen LogP contribution in [0.15, 0.2) is 11.2 Å². The maximum atomic E-state index is 5.37. The highest BCUT2D eigenvalue weighted by Crippen LogP contribution is 2.17. The van der Waals surface area contributed by atoms with Crippen LogP contribution < -0.4 is 5.32 Å². The van der Waals surface area contributed by atoms with Crippen molar-refractivity contribution in [3.63, 3.8) is 0 Å². The molecule has 0 saturated heterocycles. The SMILES string of the molecule is CCC1=NOC(CNc2cc(C(C)C)nc(C)n2)C1. The second-order valence-corrected chi connectivity index (χ2v) is 5.20. The zero-order valence-electron chi connectivity index (χ0n) is 12.1. The average molecular weight is 262 g/mol. The molecule has 2 heterocycles. The maximum Gasteiger partial charge on any atom is 0.150 e. The van der Waals surface area contributed by atoms with Gasteiger partial charge in [0.25, 0.3) is 0 Å². The van der Waals surface area contributed by atoms with Crippen LogP contribution in [-0.4, -0.2) is 28.3 Å². The molecule has 104 valence electrons. The molecule has 0 bridgehead atoms. The van der Waals surface area contributed by atoms with E-state index in [0.717, 1.165) is 42.4 Å². The normalized spacial score (nSPS) is 18.4. The Labute approximate surface area is 114 Å². The highest BCUT2D eigenvalue weighted by Gasteiger charge is 2.19. The van der Waals surface area contributed by atoms with Gasteiger partial charge in [-0.25, -0.2) is 9.97 Å². The summed E-state index contributed by atoms with van der Waals surface area (Å²) in [4.78, 5) is 14.2. The number of hydrogen-bond acceptors (Lipinski definition) is 5. The quantitative estimate of drug-likeness (QED) is 0.886. The van der Waals surface area contributed by atoms with Crippen LogP contribution in [0.1, 0.15) is 51.0 Å². The molecular weight excluding hydrogens is 240 g/mol. The van der Waals surface area contributed by atoms with Gasteiger partial charge < -0.3 is 10.2 Å². The van der Waals surface area contributed by atoms with Crippen LogP contribution >= 0.6 is 0 Å². The third kappa shape index (κ3) is 3.66. The van der Waals surface area contributed by atoms with Crippen LogP contribution in [0.4, 0.5) is 5.82 Å². The summed E-state index contributed by atoms with van der Waals surface area (Å²) >= 11 is 0. The molecule has 1 aromatic heterocycles. The molecule has 1 aliphatic heterocycles. The fourth-order valence-electron chi connectivity index (χ4n) is 2.00. The van der Waals surface area contributed by atoms with E-state index in [1.54, 1.807) is 0 Å². The molecule has 2 rings (SSSR count). The monoisotopic (exact) mass is 262 g/mol. The molecule has 0 aliphatic carbocycles. The lowest BCUT2D eigenvalue weighted by molar-refractivity contribution is 0.0948. The summed E-state index contributed by atoms with van der Waals surface area (Å²) in [6.45, 7) is 9.00. The van der Waals surface area contributed by atoms with E-state index in [1.165, 1.54) is 0 Å². The van der Waals surface area contributed by atoms with E-state index in [9.17, 15) is 0 Å². The minimum atomic E-state index is 0.118. The summed E-state index contributed by atoms with van der Waals surface area (Å²) < 4.78 is 0. The minimum Gasteiger partial charge on any atom is -0.390 e. The Bertz CT molecular complexity index is 471. The van der Waals surface area contributed by atoms with E-state index in [-0.39, 0.29) is 6.10 Å². The first-order chi connectivity index (χ1) is 9.08. The van der Waals surface area contributed by atoms with Crippen LogP contribution in [0.5, 0.6) is 0 Å². The molecule has 1 atom stereocenters. The minimum absolute atomic E-state index is 0.118. The molecule has 0 saturated carbocycles. The van der Waals surface area contributed by atoms with Gasteiger partial charge in [0.2, 0.25) is 0 Å². The Kier molecular flexibility index (Phi) is 4.35. The molecule has 1 N–H and O–H groups in total. The van der Waals surface area contributed by atoms with Crippen LogP contribution in [-0.2, 0) is 4.84 Å². The van der Waals surface area contributed by atoms with Gasteiger partial charge in [-0.3, -0.25) is 0 Å². The molecule has 1 aromatic rings. The highest BCUT2D eigenvalue weighted by atomic mass is 16.6. The predicted octanol–water partition coefficient (Wildman–Crippen LogP) is 2.88. The Morgan fingerprint density at radius 1 is 1.42 bits per heavy atom. The summed E-state index contributed by atoms with van der Waals surface area (Å²) in [6, 6.07) is 2.01. The van der Waals surface area contributed by atoms with Crippen LogP contribution in [0.3, 0.4) is 0 Å². The molecule has 0 aromatic carbocycles. The number of aromatic nitrogens is 2. The van der Waals surface area contributed by atoms with Gasteiger partial charge in [0.15, 0.2) is 0 Å². The fourth-order valence-corrected chi connectivity index (χ4v) is 2.00. The summed E-state index contributed by atoms with van der Waals surface area (Å²) in [5, 5.41) is 7.37. The van der Waals surface area contributed by atoms with Crippen LogP contribution in [0.2, 0.25) is 0 Å². The number of rotatable bonds is 5. The third-order valence-electron chi connectivity index (χ3n) is 3.16. The maximum absolute atomic E-state index is 5.37. The number of anilines is 1. The molecule has 19 heavy (non-hydrogen) atoms. The Balaban J connectivity index is 1.93. The lowest BCUT2D eigenvalue weighted by Crippen LogP contribution is -2.20. The van der Waals surface area contributed by atoms with Crippen molar-refractivity contribution in [1.29, 1.82) is 0 Å². The van der Waals surface area contributed by atoms with Gasteiger partial charge in [-0.2, -0.15) is 0 Å².